The molecule has 138 valence electrons. The van der Waals surface area contributed by atoms with Gasteiger partial charge in [0.25, 0.3) is 0 Å². The summed E-state index contributed by atoms with van der Waals surface area (Å²) in [6.07, 6.45) is 6.55. The highest BCUT2D eigenvalue weighted by atomic mass is 19.1. The molecule has 1 aromatic carbocycles. The van der Waals surface area contributed by atoms with E-state index in [0.717, 1.165) is 31.0 Å². The van der Waals surface area contributed by atoms with Crippen LogP contribution in [-0.2, 0) is 6.42 Å². The number of rotatable bonds is 6. The SMILES string of the molecule is CC1CCCN1CCc1ccc(C2CCC3CN(CCF)CC32)cc1. The van der Waals surface area contributed by atoms with Crippen LogP contribution in [0.4, 0.5) is 4.39 Å². The summed E-state index contributed by atoms with van der Waals surface area (Å²) in [5.41, 5.74) is 3.00. The van der Waals surface area contributed by atoms with E-state index in [2.05, 4.69) is 41.0 Å². The number of nitrogens with zero attached hydrogens (tertiary/aromatic N) is 2. The molecule has 1 aromatic rings. The summed E-state index contributed by atoms with van der Waals surface area (Å²) < 4.78 is 12.6. The third kappa shape index (κ3) is 3.78. The quantitative estimate of drug-likeness (QED) is 0.766. The van der Waals surface area contributed by atoms with Crippen LogP contribution < -0.4 is 0 Å². The smallest absolute Gasteiger partial charge is 0.102 e. The van der Waals surface area contributed by atoms with E-state index in [1.807, 2.05) is 0 Å². The molecule has 4 atom stereocenters. The summed E-state index contributed by atoms with van der Waals surface area (Å²) in [6, 6.07) is 10.3. The highest BCUT2D eigenvalue weighted by Crippen LogP contribution is 2.47. The first kappa shape index (κ1) is 17.5. The van der Waals surface area contributed by atoms with Gasteiger partial charge in [-0.1, -0.05) is 24.3 Å². The fourth-order valence-electron chi connectivity index (χ4n) is 5.60. The molecular weight excluding hydrogens is 311 g/mol. The molecule has 2 saturated heterocycles. The average molecular weight is 345 g/mol. The fraction of sp³-hybridized carbons (Fsp3) is 0.727. The zero-order chi connectivity index (χ0) is 17.2. The van der Waals surface area contributed by atoms with Gasteiger partial charge in [-0.25, -0.2) is 4.39 Å². The Morgan fingerprint density at radius 1 is 1.04 bits per heavy atom. The number of hydrogen-bond donors (Lipinski definition) is 0. The first-order chi connectivity index (χ1) is 12.2. The number of benzene rings is 1. The molecule has 1 saturated carbocycles. The van der Waals surface area contributed by atoms with Crippen molar-refractivity contribution in [3.05, 3.63) is 35.4 Å². The van der Waals surface area contributed by atoms with E-state index in [0.29, 0.717) is 12.5 Å². The molecule has 25 heavy (non-hydrogen) atoms. The molecule has 0 amide bonds. The maximum atomic E-state index is 12.6. The molecule has 2 aliphatic heterocycles. The standard InChI is InChI=1S/C22H33FN2/c1-17-3-2-12-25(17)13-10-18-4-6-19(7-5-18)21-9-8-20-15-24(14-11-23)16-22(20)21/h4-7,17,20-22H,2-3,8-16H2,1H3. The minimum absolute atomic E-state index is 0.200. The van der Waals surface area contributed by atoms with Gasteiger partial charge >= 0.3 is 0 Å². The molecule has 4 rings (SSSR count). The lowest BCUT2D eigenvalue weighted by molar-refractivity contribution is 0.272. The van der Waals surface area contributed by atoms with E-state index >= 15 is 0 Å². The van der Waals surface area contributed by atoms with Gasteiger partial charge < -0.3 is 9.80 Å². The molecule has 2 nitrogen and oxygen atoms in total. The van der Waals surface area contributed by atoms with Crippen molar-refractivity contribution >= 4 is 0 Å². The lowest BCUT2D eigenvalue weighted by atomic mass is 9.86. The van der Waals surface area contributed by atoms with Gasteiger partial charge in [0.05, 0.1) is 0 Å². The lowest BCUT2D eigenvalue weighted by Gasteiger charge is -2.22. The van der Waals surface area contributed by atoms with E-state index < -0.39 is 0 Å². The van der Waals surface area contributed by atoms with Crippen LogP contribution in [-0.4, -0.2) is 55.2 Å². The van der Waals surface area contributed by atoms with Crippen molar-refractivity contribution in [3.63, 3.8) is 0 Å². The zero-order valence-electron chi connectivity index (χ0n) is 15.7. The van der Waals surface area contributed by atoms with Gasteiger partial charge in [0, 0.05) is 32.2 Å². The molecular formula is C22H33FN2. The van der Waals surface area contributed by atoms with Gasteiger partial charge in [0.15, 0.2) is 0 Å². The molecule has 1 aliphatic carbocycles. The van der Waals surface area contributed by atoms with Crippen LogP contribution in [0.5, 0.6) is 0 Å². The predicted molar refractivity (Wildman–Crippen MR) is 102 cm³/mol. The normalized spacial score (nSPS) is 33.2. The molecule has 0 radical (unpaired) electrons. The van der Waals surface area contributed by atoms with Crippen LogP contribution in [0.25, 0.3) is 0 Å². The first-order valence-electron chi connectivity index (χ1n) is 10.4. The Kier molecular flexibility index (Phi) is 5.42. The van der Waals surface area contributed by atoms with Crippen molar-refractivity contribution in [1.29, 1.82) is 0 Å². The molecule has 0 N–H and O–H groups in total. The fourth-order valence-corrected chi connectivity index (χ4v) is 5.60. The summed E-state index contributed by atoms with van der Waals surface area (Å²) in [6.45, 7) is 7.50. The molecule has 4 unspecified atom stereocenters. The molecule has 2 heterocycles. The molecule has 0 spiro atoms. The number of alkyl halides is 1. The van der Waals surface area contributed by atoms with Gasteiger partial charge in [0.2, 0.25) is 0 Å². The van der Waals surface area contributed by atoms with Crippen LogP contribution >= 0.6 is 0 Å². The monoisotopic (exact) mass is 344 g/mol. The zero-order valence-corrected chi connectivity index (χ0v) is 15.7. The Morgan fingerprint density at radius 2 is 1.88 bits per heavy atom. The van der Waals surface area contributed by atoms with Crippen molar-refractivity contribution in [2.24, 2.45) is 11.8 Å². The van der Waals surface area contributed by atoms with Gasteiger partial charge in [-0.3, -0.25) is 0 Å². The van der Waals surface area contributed by atoms with E-state index in [1.165, 1.54) is 56.3 Å². The minimum atomic E-state index is -0.200. The van der Waals surface area contributed by atoms with E-state index in [-0.39, 0.29) is 6.67 Å². The predicted octanol–water partition coefficient (Wildman–Crippen LogP) is 4.11. The topological polar surface area (TPSA) is 6.48 Å². The summed E-state index contributed by atoms with van der Waals surface area (Å²) >= 11 is 0. The molecule has 3 heteroatoms. The molecule has 0 aromatic heterocycles. The third-order valence-corrected chi connectivity index (χ3v) is 7.12. The Bertz CT molecular complexity index is 558. The number of halogens is 1. The highest BCUT2D eigenvalue weighted by Gasteiger charge is 2.42. The Balaban J connectivity index is 1.34. The van der Waals surface area contributed by atoms with Crippen LogP contribution in [0.2, 0.25) is 0 Å². The second kappa shape index (κ2) is 7.75. The second-order valence-corrected chi connectivity index (χ2v) is 8.58. The van der Waals surface area contributed by atoms with Crippen LogP contribution in [0, 0.1) is 11.8 Å². The summed E-state index contributed by atoms with van der Waals surface area (Å²) in [4.78, 5) is 4.97. The Morgan fingerprint density at radius 3 is 2.60 bits per heavy atom. The molecule has 3 fully saturated rings. The van der Waals surface area contributed by atoms with Crippen molar-refractivity contribution in [3.8, 4) is 0 Å². The van der Waals surface area contributed by atoms with Crippen LogP contribution in [0.3, 0.4) is 0 Å². The van der Waals surface area contributed by atoms with Gasteiger partial charge in [0.1, 0.15) is 6.67 Å². The minimum Gasteiger partial charge on any atom is -0.300 e. The van der Waals surface area contributed by atoms with E-state index in [1.54, 1.807) is 0 Å². The van der Waals surface area contributed by atoms with Gasteiger partial charge in [-0.15, -0.1) is 0 Å². The Hall–Kier alpha value is -0.930. The number of hydrogen-bond acceptors (Lipinski definition) is 2. The lowest BCUT2D eigenvalue weighted by Crippen LogP contribution is -2.28. The van der Waals surface area contributed by atoms with E-state index in [9.17, 15) is 4.39 Å². The second-order valence-electron chi connectivity index (χ2n) is 8.58. The maximum Gasteiger partial charge on any atom is 0.102 e. The molecule has 0 bridgehead atoms. The van der Waals surface area contributed by atoms with E-state index in [4.69, 9.17) is 0 Å². The van der Waals surface area contributed by atoms with Crippen LogP contribution in [0.15, 0.2) is 24.3 Å². The van der Waals surface area contributed by atoms with Crippen molar-refractivity contribution in [2.45, 2.75) is 51.0 Å². The van der Waals surface area contributed by atoms with Crippen molar-refractivity contribution in [1.82, 2.24) is 9.80 Å². The Labute approximate surface area is 152 Å². The highest BCUT2D eigenvalue weighted by molar-refractivity contribution is 5.28. The van der Waals surface area contributed by atoms with Gasteiger partial charge in [-0.05, 0) is 74.5 Å². The average Bonchev–Trinajstić information content (AvgIpc) is 3.30. The van der Waals surface area contributed by atoms with Crippen molar-refractivity contribution in [2.75, 3.05) is 39.4 Å². The largest absolute Gasteiger partial charge is 0.300 e. The van der Waals surface area contributed by atoms with Crippen molar-refractivity contribution < 1.29 is 4.39 Å². The summed E-state index contributed by atoms with van der Waals surface area (Å²) in [5.74, 6) is 2.25. The summed E-state index contributed by atoms with van der Waals surface area (Å²) in [5, 5.41) is 0. The number of fused-ring (bicyclic) bond motifs is 1. The van der Waals surface area contributed by atoms with Crippen LogP contribution in [0.1, 0.15) is 49.7 Å². The maximum absolute atomic E-state index is 12.6. The summed E-state index contributed by atoms with van der Waals surface area (Å²) in [7, 11) is 0. The number of likely N-dealkylation sites (tertiary alicyclic amines) is 2. The molecule has 3 aliphatic rings. The van der Waals surface area contributed by atoms with Gasteiger partial charge in [-0.2, -0.15) is 0 Å². The first-order valence-corrected chi connectivity index (χ1v) is 10.4. The third-order valence-electron chi connectivity index (χ3n) is 7.12.